The van der Waals surface area contributed by atoms with Gasteiger partial charge in [0.05, 0.1) is 0 Å². The Morgan fingerprint density at radius 3 is 2.50 bits per heavy atom. The number of hydrogen-bond donors (Lipinski definition) is 1. The average Bonchev–Trinajstić information content (AvgIpc) is 2.50. The third kappa shape index (κ3) is 4.82. The predicted octanol–water partition coefficient (Wildman–Crippen LogP) is 5.18. The highest BCUT2D eigenvalue weighted by Crippen LogP contribution is 2.35. The van der Waals surface area contributed by atoms with Crippen LogP contribution in [0.1, 0.15) is 64.0 Å². The molecule has 0 saturated heterocycles. The number of rotatable bonds is 7. The lowest BCUT2D eigenvalue weighted by molar-refractivity contribution is 0.502. The van der Waals surface area contributed by atoms with Gasteiger partial charge in [0, 0.05) is 16.5 Å². The molecule has 1 aliphatic rings. The summed E-state index contributed by atoms with van der Waals surface area (Å²) in [6.45, 7) is 5.75. The summed E-state index contributed by atoms with van der Waals surface area (Å²) in [5.41, 5.74) is 1.44. The van der Waals surface area contributed by atoms with Gasteiger partial charge in [0.2, 0.25) is 0 Å². The summed E-state index contributed by atoms with van der Waals surface area (Å²) in [7, 11) is 0. The Morgan fingerprint density at radius 2 is 1.85 bits per heavy atom. The van der Waals surface area contributed by atoms with Gasteiger partial charge in [-0.2, -0.15) is 11.8 Å². The van der Waals surface area contributed by atoms with Gasteiger partial charge in [0.15, 0.2) is 0 Å². The van der Waals surface area contributed by atoms with Crippen LogP contribution >= 0.6 is 11.8 Å². The van der Waals surface area contributed by atoms with Gasteiger partial charge in [-0.05, 0) is 31.4 Å². The molecular weight excluding hydrogens is 262 g/mol. The predicted molar refractivity (Wildman–Crippen MR) is 91.4 cm³/mol. The smallest absolute Gasteiger partial charge is 0.0438 e. The topological polar surface area (TPSA) is 12.0 Å². The van der Waals surface area contributed by atoms with E-state index in [0.29, 0.717) is 11.3 Å². The first-order valence-electron chi connectivity index (χ1n) is 8.25. The van der Waals surface area contributed by atoms with E-state index in [1.165, 1.54) is 44.1 Å². The minimum atomic E-state index is 0.489. The van der Waals surface area contributed by atoms with Crippen molar-refractivity contribution in [3.63, 3.8) is 0 Å². The van der Waals surface area contributed by atoms with Gasteiger partial charge in [0.25, 0.3) is 0 Å². The Kier molecular flexibility index (Phi) is 6.95. The van der Waals surface area contributed by atoms with Gasteiger partial charge in [-0.25, -0.2) is 0 Å². The van der Waals surface area contributed by atoms with Crippen LogP contribution in [0.25, 0.3) is 0 Å². The first-order chi connectivity index (χ1) is 9.81. The molecule has 0 aromatic heterocycles. The van der Waals surface area contributed by atoms with Gasteiger partial charge in [0.1, 0.15) is 0 Å². The van der Waals surface area contributed by atoms with Crippen molar-refractivity contribution in [1.29, 1.82) is 0 Å². The van der Waals surface area contributed by atoms with Crippen molar-refractivity contribution < 1.29 is 0 Å². The maximum absolute atomic E-state index is 3.75. The fourth-order valence-electron chi connectivity index (χ4n) is 3.10. The SMILES string of the molecule is CCCNC(c1ccccc1)C(C)SC1CCCCC1. The zero-order chi connectivity index (χ0) is 14.2. The molecule has 1 fully saturated rings. The lowest BCUT2D eigenvalue weighted by Gasteiger charge is -2.30. The summed E-state index contributed by atoms with van der Waals surface area (Å²) < 4.78 is 0. The van der Waals surface area contributed by atoms with E-state index >= 15 is 0 Å². The summed E-state index contributed by atoms with van der Waals surface area (Å²) in [6.07, 6.45) is 8.35. The summed E-state index contributed by atoms with van der Waals surface area (Å²) in [5.74, 6) is 0. The molecule has 0 aliphatic heterocycles. The molecule has 112 valence electrons. The van der Waals surface area contributed by atoms with Crippen LogP contribution in [0.2, 0.25) is 0 Å². The van der Waals surface area contributed by atoms with Gasteiger partial charge >= 0.3 is 0 Å². The molecule has 1 aromatic rings. The number of nitrogens with one attached hydrogen (secondary N) is 1. The van der Waals surface area contributed by atoms with Crippen molar-refractivity contribution in [2.24, 2.45) is 0 Å². The first kappa shape index (κ1) is 15.9. The molecule has 2 unspecified atom stereocenters. The average molecular weight is 292 g/mol. The van der Waals surface area contributed by atoms with Crippen molar-refractivity contribution in [3.8, 4) is 0 Å². The van der Waals surface area contributed by atoms with Crippen LogP contribution in [0.4, 0.5) is 0 Å². The minimum absolute atomic E-state index is 0.489. The van der Waals surface area contributed by atoms with E-state index in [1.54, 1.807) is 0 Å². The van der Waals surface area contributed by atoms with Crippen LogP contribution in [0.5, 0.6) is 0 Å². The Balaban J connectivity index is 1.97. The van der Waals surface area contributed by atoms with E-state index < -0.39 is 0 Å². The molecule has 1 N–H and O–H groups in total. The number of thioether (sulfide) groups is 1. The Hall–Kier alpha value is -0.470. The van der Waals surface area contributed by atoms with E-state index in [0.717, 1.165) is 11.8 Å². The molecule has 0 radical (unpaired) electrons. The summed E-state index contributed by atoms with van der Waals surface area (Å²) >= 11 is 2.21. The maximum Gasteiger partial charge on any atom is 0.0438 e. The second-order valence-electron chi connectivity index (χ2n) is 5.94. The van der Waals surface area contributed by atoms with Crippen LogP contribution in [-0.2, 0) is 0 Å². The quantitative estimate of drug-likeness (QED) is 0.742. The largest absolute Gasteiger partial charge is 0.309 e. The molecular formula is C18H29NS. The lowest BCUT2D eigenvalue weighted by Crippen LogP contribution is -2.30. The van der Waals surface area contributed by atoms with E-state index in [2.05, 4.69) is 61.3 Å². The zero-order valence-electron chi connectivity index (χ0n) is 13.0. The monoisotopic (exact) mass is 291 g/mol. The molecule has 0 heterocycles. The Labute approximate surface area is 128 Å². The van der Waals surface area contributed by atoms with Gasteiger partial charge < -0.3 is 5.32 Å². The molecule has 0 bridgehead atoms. The van der Waals surface area contributed by atoms with E-state index in [9.17, 15) is 0 Å². The molecule has 1 aromatic carbocycles. The fourth-order valence-corrected chi connectivity index (χ4v) is 4.72. The molecule has 0 spiro atoms. The number of hydrogen-bond acceptors (Lipinski definition) is 2. The summed E-state index contributed by atoms with van der Waals surface area (Å²) in [5, 5.41) is 5.28. The van der Waals surface area contributed by atoms with Crippen LogP contribution in [-0.4, -0.2) is 17.0 Å². The first-order valence-corrected chi connectivity index (χ1v) is 9.19. The second kappa shape index (κ2) is 8.74. The third-order valence-electron chi connectivity index (χ3n) is 4.20. The standard InChI is InChI=1S/C18H29NS/c1-3-14-19-18(16-10-6-4-7-11-16)15(2)20-17-12-8-5-9-13-17/h4,6-7,10-11,15,17-19H,3,5,8-9,12-14H2,1-2H3. The van der Waals surface area contributed by atoms with Gasteiger partial charge in [-0.1, -0.05) is 63.4 Å². The molecule has 1 saturated carbocycles. The third-order valence-corrected chi connectivity index (χ3v) is 5.76. The van der Waals surface area contributed by atoms with Crippen molar-refractivity contribution in [2.45, 2.75) is 68.9 Å². The lowest BCUT2D eigenvalue weighted by atomic mass is 10.0. The molecule has 2 heteroatoms. The molecule has 20 heavy (non-hydrogen) atoms. The van der Waals surface area contributed by atoms with Crippen molar-refractivity contribution >= 4 is 11.8 Å². The maximum atomic E-state index is 3.75. The molecule has 1 aliphatic carbocycles. The van der Waals surface area contributed by atoms with Crippen LogP contribution in [0, 0.1) is 0 Å². The highest BCUT2D eigenvalue weighted by Gasteiger charge is 2.23. The van der Waals surface area contributed by atoms with E-state index in [1.807, 2.05) is 0 Å². The molecule has 0 amide bonds. The summed E-state index contributed by atoms with van der Waals surface area (Å²) in [4.78, 5) is 0. The van der Waals surface area contributed by atoms with Gasteiger partial charge in [-0.15, -0.1) is 0 Å². The fraction of sp³-hybridized carbons (Fsp3) is 0.667. The summed E-state index contributed by atoms with van der Waals surface area (Å²) in [6, 6.07) is 11.5. The molecule has 2 atom stereocenters. The molecule has 1 nitrogen and oxygen atoms in total. The minimum Gasteiger partial charge on any atom is -0.309 e. The van der Waals surface area contributed by atoms with Crippen LogP contribution in [0.15, 0.2) is 30.3 Å². The zero-order valence-corrected chi connectivity index (χ0v) is 13.8. The highest BCUT2D eigenvalue weighted by atomic mass is 32.2. The van der Waals surface area contributed by atoms with Crippen molar-refractivity contribution in [1.82, 2.24) is 5.32 Å². The van der Waals surface area contributed by atoms with E-state index in [4.69, 9.17) is 0 Å². The van der Waals surface area contributed by atoms with Crippen LogP contribution < -0.4 is 5.32 Å². The van der Waals surface area contributed by atoms with Crippen LogP contribution in [0.3, 0.4) is 0 Å². The highest BCUT2D eigenvalue weighted by molar-refractivity contribution is 8.00. The molecule has 2 rings (SSSR count). The Bertz CT molecular complexity index is 359. The second-order valence-corrected chi connectivity index (χ2v) is 7.63. The van der Waals surface area contributed by atoms with Gasteiger partial charge in [-0.3, -0.25) is 0 Å². The normalized spacial score (nSPS) is 19.7. The van der Waals surface area contributed by atoms with Crippen molar-refractivity contribution in [2.75, 3.05) is 6.54 Å². The Morgan fingerprint density at radius 1 is 1.15 bits per heavy atom. The van der Waals surface area contributed by atoms with E-state index in [-0.39, 0.29) is 0 Å². The number of benzene rings is 1. The van der Waals surface area contributed by atoms with Crippen molar-refractivity contribution in [3.05, 3.63) is 35.9 Å².